The number of hydrogen-bond acceptors (Lipinski definition) is 2. The first kappa shape index (κ1) is 13.6. The van der Waals surface area contributed by atoms with Gasteiger partial charge in [0.15, 0.2) is 0 Å². The molecular weight excluding hydrogens is 240 g/mol. The SMILES string of the molecule is CCCCCn1c(CC)nc2ccc(C(=O)O)cc21. The van der Waals surface area contributed by atoms with Gasteiger partial charge in [-0.25, -0.2) is 9.78 Å². The fourth-order valence-electron chi connectivity index (χ4n) is 2.34. The molecule has 19 heavy (non-hydrogen) atoms. The highest BCUT2D eigenvalue weighted by Crippen LogP contribution is 2.19. The molecule has 4 heteroatoms. The topological polar surface area (TPSA) is 55.1 Å². The molecule has 2 aromatic rings. The van der Waals surface area contributed by atoms with Crippen molar-refractivity contribution < 1.29 is 9.90 Å². The lowest BCUT2D eigenvalue weighted by molar-refractivity contribution is 0.0697. The predicted octanol–water partition coefficient (Wildman–Crippen LogP) is 3.49. The van der Waals surface area contributed by atoms with Crippen LogP contribution in [0.4, 0.5) is 0 Å². The van der Waals surface area contributed by atoms with Gasteiger partial charge >= 0.3 is 5.97 Å². The molecule has 2 rings (SSSR count). The first-order valence-corrected chi connectivity index (χ1v) is 6.89. The van der Waals surface area contributed by atoms with Gasteiger partial charge in [0.1, 0.15) is 5.82 Å². The van der Waals surface area contributed by atoms with Crippen molar-refractivity contribution in [3.8, 4) is 0 Å². The molecule has 0 unspecified atom stereocenters. The third-order valence-electron chi connectivity index (χ3n) is 3.38. The number of fused-ring (bicyclic) bond motifs is 1. The number of benzene rings is 1. The normalized spacial score (nSPS) is 11.1. The third kappa shape index (κ3) is 2.78. The highest BCUT2D eigenvalue weighted by molar-refractivity contribution is 5.92. The summed E-state index contributed by atoms with van der Waals surface area (Å²) >= 11 is 0. The maximum Gasteiger partial charge on any atom is 0.335 e. The number of carbonyl (C=O) groups is 1. The standard InChI is InChI=1S/C15H20N2O2/c1-3-5-6-9-17-13-10-11(15(18)19)7-8-12(13)16-14(17)4-2/h7-8,10H,3-6,9H2,1-2H3,(H,18,19). The van der Waals surface area contributed by atoms with Crippen LogP contribution in [0, 0.1) is 0 Å². The summed E-state index contributed by atoms with van der Waals surface area (Å²) < 4.78 is 2.16. The monoisotopic (exact) mass is 260 g/mol. The number of imidazole rings is 1. The van der Waals surface area contributed by atoms with E-state index in [0.29, 0.717) is 5.56 Å². The Morgan fingerprint density at radius 1 is 1.32 bits per heavy atom. The Hall–Kier alpha value is -1.84. The van der Waals surface area contributed by atoms with Gasteiger partial charge in [0.25, 0.3) is 0 Å². The molecule has 0 atom stereocenters. The summed E-state index contributed by atoms with van der Waals surface area (Å²) in [6.45, 7) is 5.17. The van der Waals surface area contributed by atoms with E-state index in [1.165, 1.54) is 12.8 Å². The van der Waals surface area contributed by atoms with Crippen LogP contribution in [0.5, 0.6) is 0 Å². The van der Waals surface area contributed by atoms with E-state index in [1.807, 2.05) is 0 Å². The lowest BCUT2D eigenvalue weighted by Crippen LogP contribution is -2.04. The number of nitrogens with zero attached hydrogens (tertiary/aromatic N) is 2. The molecule has 0 saturated heterocycles. The van der Waals surface area contributed by atoms with Gasteiger partial charge in [-0.2, -0.15) is 0 Å². The van der Waals surface area contributed by atoms with E-state index < -0.39 is 5.97 Å². The lowest BCUT2D eigenvalue weighted by atomic mass is 10.2. The maximum atomic E-state index is 11.1. The summed E-state index contributed by atoms with van der Waals surface area (Å²) in [5, 5.41) is 9.08. The Balaban J connectivity index is 2.44. The number of aryl methyl sites for hydroxylation is 2. The van der Waals surface area contributed by atoms with Crippen LogP contribution >= 0.6 is 0 Å². The van der Waals surface area contributed by atoms with Gasteiger partial charge < -0.3 is 9.67 Å². The Bertz CT molecular complexity index is 587. The molecule has 1 heterocycles. The zero-order valence-electron chi connectivity index (χ0n) is 11.5. The molecule has 0 amide bonds. The van der Waals surface area contributed by atoms with Gasteiger partial charge in [-0.15, -0.1) is 0 Å². The summed E-state index contributed by atoms with van der Waals surface area (Å²) in [6.07, 6.45) is 4.32. The summed E-state index contributed by atoms with van der Waals surface area (Å²) in [5.41, 5.74) is 2.15. The zero-order valence-corrected chi connectivity index (χ0v) is 11.5. The molecule has 0 spiro atoms. The first-order chi connectivity index (χ1) is 9.17. The second-order valence-electron chi connectivity index (χ2n) is 4.75. The highest BCUT2D eigenvalue weighted by Gasteiger charge is 2.11. The van der Waals surface area contributed by atoms with Crippen LogP contribution in [0.2, 0.25) is 0 Å². The van der Waals surface area contributed by atoms with Crippen LogP contribution in [-0.2, 0) is 13.0 Å². The average molecular weight is 260 g/mol. The van der Waals surface area contributed by atoms with Crippen molar-refractivity contribution in [1.29, 1.82) is 0 Å². The maximum absolute atomic E-state index is 11.1. The molecule has 1 aromatic heterocycles. The van der Waals surface area contributed by atoms with E-state index in [0.717, 1.165) is 36.2 Å². The fraction of sp³-hybridized carbons (Fsp3) is 0.467. The van der Waals surface area contributed by atoms with Crippen LogP contribution in [0.25, 0.3) is 11.0 Å². The Morgan fingerprint density at radius 2 is 2.11 bits per heavy atom. The van der Waals surface area contributed by atoms with Gasteiger partial charge in [0, 0.05) is 13.0 Å². The minimum absolute atomic E-state index is 0.326. The molecule has 0 aliphatic heterocycles. The highest BCUT2D eigenvalue weighted by atomic mass is 16.4. The smallest absolute Gasteiger partial charge is 0.335 e. The van der Waals surface area contributed by atoms with Crippen molar-refractivity contribution >= 4 is 17.0 Å². The average Bonchev–Trinajstić information content (AvgIpc) is 2.76. The van der Waals surface area contributed by atoms with Crippen molar-refractivity contribution in [2.24, 2.45) is 0 Å². The number of unbranched alkanes of at least 4 members (excludes halogenated alkanes) is 2. The summed E-state index contributed by atoms with van der Waals surface area (Å²) in [4.78, 5) is 15.6. The van der Waals surface area contributed by atoms with Gasteiger partial charge in [0.05, 0.1) is 16.6 Å². The Morgan fingerprint density at radius 3 is 2.74 bits per heavy atom. The van der Waals surface area contributed by atoms with E-state index >= 15 is 0 Å². The third-order valence-corrected chi connectivity index (χ3v) is 3.38. The molecule has 0 radical (unpaired) electrons. The molecule has 4 nitrogen and oxygen atoms in total. The number of carboxylic acid groups (broad SMARTS) is 1. The largest absolute Gasteiger partial charge is 0.478 e. The molecule has 0 saturated carbocycles. The molecule has 102 valence electrons. The van der Waals surface area contributed by atoms with Gasteiger partial charge in [-0.3, -0.25) is 0 Å². The van der Waals surface area contributed by atoms with Gasteiger partial charge in [0.2, 0.25) is 0 Å². The first-order valence-electron chi connectivity index (χ1n) is 6.89. The van der Waals surface area contributed by atoms with E-state index in [1.54, 1.807) is 18.2 Å². The number of carboxylic acids is 1. The number of hydrogen-bond donors (Lipinski definition) is 1. The van der Waals surface area contributed by atoms with Crippen molar-refractivity contribution in [1.82, 2.24) is 9.55 Å². The minimum Gasteiger partial charge on any atom is -0.478 e. The number of aromatic carboxylic acids is 1. The molecule has 1 N–H and O–H groups in total. The molecule has 0 aliphatic rings. The number of rotatable bonds is 6. The van der Waals surface area contributed by atoms with Crippen molar-refractivity contribution in [3.05, 3.63) is 29.6 Å². The number of aromatic nitrogens is 2. The molecule has 1 aromatic carbocycles. The zero-order chi connectivity index (χ0) is 13.8. The molecule has 0 fully saturated rings. The second kappa shape index (κ2) is 5.87. The van der Waals surface area contributed by atoms with Crippen molar-refractivity contribution in [3.63, 3.8) is 0 Å². The molecular formula is C15H20N2O2. The van der Waals surface area contributed by atoms with E-state index in [4.69, 9.17) is 5.11 Å². The second-order valence-corrected chi connectivity index (χ2v) is 4.75. The minimum atomic E-state index is -0.888. The summed E-state index contributed by atoms with van der Waals surface area (Å²) in [5.74, 6) is 0.148. The van der Waals surface area contributed by atoms with E-state index in [9.17, 15) is 4.79 Å². The molecule has 0 bridgehead atoms. The lowest BCUT2D eigenvalue weighted by Gasteiger charge is -2.07. The predicted molar refractivity (Wildman–Crippen MR) is 75.6 cm³/mol. The van der Waals surface area contributed by atoms with Gasteiger partial charge in [-0.05, 0) is 24.6 Å². The van der Waals surface area contributed by atoms with Gasteiger partial charge in [-0.1, -0.05) is 26.7 Å². The van der Waals surface area contributed by atoms with Crippen LogP contribution in [0.15, 0.2) is 18.2 Å². The van der Waals surface area contributed by atoms with Crippen LogP contribution < -0.4 is 0 Å². The summed E-state index contributed by atoms with van der Waals surface area (Å²) in [6, 6.07) is 5.15. The Labute approximate surface area is 113 Å². The Kier molecular flexibility index (Phi) is 4.20. The van der Waals surface area contributed by atoms with Crippen LogP contribution in [0.3, 0.4) is 0 Å². The summed E-state index contributed by atoms with van der Waals surface area (Å²) in [7, 11) is 0. The quantitative estimate of drug-likeness (QED) is 0.809. The fourth-order valence-corrected chi connectivity index (χ4v) is 2.34. The molecule has 0 aliphatic carbocycles. The van der Waals surface area contributed by atoms with Crippen molar-refractivity contribution in [2.75, 3.05) is 0 Å². The van der Waals surface area contributed by atoms with Crippen LogP contribution in [-0.4, -0.2) is 20.6 Å². The van der Waals surface area contributed by atoms with E-state index in [-0.39, 0.29) is 0 Å². The van der Waals surface area contributed by atoms with Crippen LogP contribution in [0.1, 0.15) is 49.3 Å². The van der Waals surface area contributed by atoms with E-state index in [2.05, 4.69) is 23.4 Å². The van der Waals surface area contributed by atoms with Crippen molar-refractivity contribution in [2.45, 2.75) is 46.1 Å².